The molecule has 2 amide bonds. The molecule has 3 rings (SSSR count). The van der Waals surface area contributed by atoms with Crippen LogP contribution in [0.3, 0.4) is 0 Å². The molecule has 1 fully saturated rings. The first-order valence-electron chi connectivity index (χ1n) is 8.21. The van der Waals surface area contributed by atoms with Gasteiger partial charge in [-0.25, -0.2) is 23.2 Å². The third-order valence-electron chi connectivity index (χ3n) is 3.97. The average molecular weight is 380 g/mol. The van der Waals surface area contributed by atoms with E-state index >= 15 is 0 Å². The smallest absolute Gasteiger partial charge is 0.317 e. The Labute approximate surface area is 150 Å². The van der Waals surface area contributed by atoms with Crippen LogP contribution in [0, 0.1) is 5.92 Å². The molecule has 2 aromatic rings. The normalized spacial score (nSPS) is 17.9. The molecule has 0 saturated carbocycles. The summed E-state index contributed by atoms with van der Waals surface area (Å²) >= 11 is 0. The van der Waals surface area contributed by atoms with Gasteiger partial charge in [0.25, 0.3) is 0 Å². The molecule has 0 radical (unpaired) electrons. The van der Waals surface area contributed by atoms with E-state index in [-0.39, 0.29) is 36.0 Å². The first-order chi connectivity index (χ1) is 12.4. The maximum atomic E-state index is 12.3. The van der Waals surface area contributed by atoms with Crippen LogP contribution in [0.1, 0.15) is 18.7 Å². The Hall–Kier alpha value is -2.56. The molecular formula is C15H20N6O4S. The highest BCUT2D eigenvalue weighted by molar-refractivity contribution is 7.90. The summed E-state index contributed by atoms with van der Waals surface area (Å²) < 4.78 is 28.0. The molecule has 1 aliphatic heterocycles. The summed E-state index contributed by atoms with van der Waals surface area (Å²) in [5.41, 5.74) is 0. The van der Waals surface area contributed by atoms with Crippen LogP contribution in [0.5, 0.6) is 0 Å². The molecule has 26 heavy (non-hydrogen) atoms. The molecule has 0 aliphatic carbocycles. The van der Waals surface area contributed by atoms with Crippen LogP contribution in [0.15, 0.2) is 23.0 Å². The Bertz CT molecular complexity index is 854. The molecule has 1 aliphatic rings. The maximum absolute atomic E-state index is 12.3. The second-order valence-corrected chi connectivity index (χ2v) is 8.47. The van der Waals surface area contributed by atoms with Gasteiger partial charge in [-0.05, 0) is 24.8 Å². The van der Waals surface area contributed by atoms with E-state index in [1.54, 1.807) is 23.4 Å². The Morgan fingerprint density at radius 3 is 2.85 bits per heavy atom. The minimum Gasteiger partial charge on any atom is -0.337 e. The number of carbonyl (C=O) groups excluding carboxylic acids is 1. The first kappa shape index (κ1) is 18.2. The molecule has 140 valence electrons. The number of likely N-dealkylation sites (tertiary alicyclic amines) is 1. The number of hydrogen-bond donors (Lipinski definition) is 1. The zero-order chi connectivity index (χ0) is 18.6. The molecule has 0 spiro atoms. The summed E-state index contributed by atoms with van der Waals surface area (Å²) in [5, 5.41) is 6.50. The van der Waals surface area contributed by atoms with Crippen molar-refractivity contribution in [1.29, 1.82) is 0 Å². The van der Waals surface area contributed by atoms with Gasteiger partial charge in [0.2, 0.25) is 17.5 Å². The second-order valence-electron chi connectivity index (χ2n) is 6.29. The number of aromatic nitrogens is 4. The van der Waals surface area contributed by atoms with Gasteiger partial charge < -0.3 is 14.7 Å². The Kier molecular flexibility index (Phi) is 5.45. The summed E-state index contributed by atoms with van der Waals surface area (Å²) in [6, 6.07) is 1.40. The summed E-state index contributed by atoms with van der Waals surface area (Å²) in [4.78, 5) is 26.1. The van der Waals surface area contributed by atoms with Crippen LogP contribution in [0.25, 0.3) is 11.6 Å². The predicted molar refractivity (Wildman–Crippen MR) is 91.6 cm³/mol. The van der Waals surface area contributed by atoms with E-state index in [0.717, 1.165) is 12.8 Å². The summed E-state index contributed by atoms with van der Waals surface area (Å²) in [7, 11) is -3.06. The summed E-state index contributed by atoms with van der Waals surface area (Å²) in [5.74, 6) is 0.899. The Morgan fingerprint density at radius 2 is 2.12 bits per heavy atom. The van der Waals surface area contributed by atoms with Gasteiger partial charge in [0.1, 0.15) is 9.84 Å². The zero-order valence-corrected chi connectivity index (χ0v) is 15.1. The van der Waals surface area contributed by atoms with Crippen molar-refractivity contribution in [2.45, 2.75) is 19.4 Å². The van der Waals surface area contributed by atoms with Crippen molar-refractivity contribution in [2.75, 3.05) is 25.1 Å². The highest BCUT2D eigenvalue weighted by Crippen LogP contribution is 2.18. The van der Waals surface area contributed by atoms with Crippen molar-refractivity contribution in [2.24, 2.45) is 5.92 Å². The van der Waals surface area contributed by atoms with Crippen molar-refractivity contribution in [3.05, 3.63) is 24.4 Å². The van der Waals surface area contributed by atoms with Crippen molar-refractivity contribution >= 4 is 15.9 Å². The van der Waals surface area contributed by atoms with Gasteiger partial charge in [0.15, 0.2) is 0 Å². The van der Waals surface area contributed by atoms with Crippen LogP contribution in [-0.4, -0.2) is 64.6 Å². The SMILES string of the molecule is CS(=O)(=O)C[C@H]1CCCN(C(=O)NCc2nc(-c3ncccn3)no2)C1. The van der Waals surface area contributed by atoms with E-state index in [0.29, 0.717) is 18.9 Å². The van der Waals surface area contributed by atoms with Crippen LogP contribution < -0.4 is 5.32 Å². The van der Waals surface area contributed by atoms with Gasteiger partial charge in [0.05, 0.1) is 12.3 Å². The number of amides is 2. The van der Waals surface area contributed by atoms with E-state index in [2.05, 4.69) is 25.4 Å². The van der Waals surface area contributed by atoms with Gasteiger partial charge >= 0.3 is 6.03 Å². The lowest BCUT2D eigenvalue weighted by Gasteiger charge is -2.32. The lowest BCUT2D eigenvalue weighted by atomic mass is 10.0. The van der Waals surface area contributed by atoms with E-state index < -0.39 is 9.84 Å². The van der Waals surface area contributed by atoms with Crippen LogP contribution in [-0.2, 0) is 16.4 Å². The fourth-order valence-corrected chi connectivity index (χ4v) is 4.04. The van der Waals surface area contributed by atoms with Crippen LogP contribution in [0.4, 0.5) is 4.79 Å². The molecule has 1 N–H and O–H groups in total. The molecule has 0 bridgehead atoms. The average Bonchev–Trinajstić information content (AvgIpc) is 3.08. The Morgan fingerprint density at radius 1 is 1.35 bits per heavy atom. The molecular weight excluding hydrogens is 360 g/mol. The van der Waals surface area contributed by atoms with Crippen molar-refractivity contribution in [3.63, 3.8) is 0 Å². The highest BCUT2D eigenvalue weighted by Gasteiger charge is 2.26. The van der Waals surface area contributed by atoms with Crippen molar-refractivity contribution in [3.8, 4) is 11.6 Å². The van der Waals surface area contributed by atoms with Crippen LogP contribution >= 0.6 is 0 Å². The molecule has 0 aromatic carbocycles. The number of sulfone groups is 1. The van der Waals surface area contributed by atoms with E-state index in [1.807, 2.05) is 0 Å². The van der Waals surface area contributed by atoms with E-state index in [4.69, 9.17) is 4.52 Å². The molecule has 10 nitrogen and oxygen atoms in total. The minimum atomic E-state index is -3.06. The van der Waals surface area contributed by atoms with Gasteiger partial charge in [0, 0.05) is 31.7 Å². The third-order valence-corrected chi connectivity index (χ3v) is 5.05. The number of nitrogens with one attached hydrogen (secondary N) is 1. The monoisotopic (exact) mass is 380 g/mol. The van der Waals surface area contributed by atoms with E-state index in [9.17, 15) is 13.2 Å². The minimum absolute atomic E-state index is 0.0327. The number of urea groups is 1. The van der Waals surface area contributed by atoms with Gasteiger partial charge in [-0.15, -0.1) is 0 Å². The number of nitrogens with zero attached hydrogens (tertiary/aromatic N) is 5. The quantitative estimate of drug-likeness (QED) is 0.793. The molecule has 1 atom stereocenters. The topological polar surface area (TPSA) is 131 Å². The number of hydrogen-bond acceptors (Lipinski definition) is 8. The molecule has 3 heterocycles. The largest absolute Gasteiger partial charge is 0.337 e. The molecule has 0 unspecified atom stereocenters. The number of piperidine rings is 1. The molecule has 11 heteroatoms. The molecule has 1 saturated heterocycles. The Balaban J connectivity index is 1.53. The fraction of sp³-hybridized carbons (Fsp3) is 0.533. The standard InChI is InChI=1S/C15H20N6O4S/c1-26(23,24)10-11-4-2-7-21(9-11)15(22)18-8-12-19-14(20-25-12)13-16-5-3-6-17-13/h3,5-6,11H,2,4,7-10H2,1H3,(H,18,22)/t11-/m0/s1. The highest BCUT2D eigenvalue weighted by atomic mass is 32.2. The third kappa shape index (κ3) is 4.97. The summed E-state index contributed by atoms with van der Waals surface area (Å²) in [6.07, 6.45) is 5.95. The summed E-state index contributed by atoms with van der Waals surface area (Å²) in [6.45, 7) is 1.09. The molecule has 2 aromatic heterocycles. The van der Waals surface area contributed by atoms with Gasteiger partial charge in [-0.3, -0.25) is 0 Å². The lowest BCUT2D eigenvalue weighted by Crippen LogP contribution is -2.46. The number of carbonyl (C=O) groups is 1. The van der Waals surface area contributed by atoms with Crippen molar-refractivity contribution in [1.82, 2.24) is 30.3 Å². The predicted octanol–water partition coefficient (Wildman–Crippen LogP) is 0.493. The van der Waals surface area contributed by atoms with Crippen molar-refractivity contribution < 1.29 is 17.7 Å². The number of rotatable bonds is 5. The lowest BCUT2D eigenvalue weighted by molar-refractivity contribution is 0.168. The maximum Gasteiger partial charge on any atom is 0.317 e. The van der Waals surface area contributed by atoms with Gasteiger partial charge in [-0.2, -0.15) is 4.98 Å². The fourth-order valence-electron chi connectivity index (χ4n) is 2.91. The van der Waals surface area contributed by atoms with E-state index in [1.165, 1.54) is 6.26 Å². The second kappa shape index (κ2) is 7.77. The van der Waals surface area contributed by atoms with Gasteiger partial charge in [-0.1, -0.05) is 5.16 Å². The first-order valence-corrected chi connectivity index (χ1v) is 10.3. The zero-order valence-electron chi connectivity index (χ0n) is 14.3. The van der Waals surface area contributed by atoms with Crippen LogP contribution in [0.2, 0.25) is 0 Å².